The zero-order chi connectivity index (χ0) is 13.6. The lowest BCUT2D eigenvalue weighted by Crippen LogP contribution is -1.99. The maximum atomic E-state index is 5.95. The van der Waals surface area contributed by atoms with Gasteiger partial charge in [-0.3, -0.25) is 0 Å². The first-order valence-corrected chi connectivity index (χ1v) is 9.05. The van der Waals surface area contributed by atoms with Crippen LogP contribution in [0.1, 0.15) is 64.2 Å². The zero-order valence-electron chi connectivity index (χ0n) is 11.2. The number of hydrogen-bond acceptors (Lipinski definition) is 0. The molecule has 0 fully saturated rings. The summed E-state index contributed by atoms with van der Waals surface area (Å²) in [6.45, 7) is 0. The van der Waals surface area contributed by atoms with Gasteiger partial charge < -0.3 is 0 Å². The summed E-state index contributed by atoms with van der Waals surface area (Å²) in [6.07, 6.45) is 12.4. The van der Waals surface area contributed by atoms with Crippen LogP contribution in [0.25, 0.3) is 0 Å². The molecule has 0 rings (SSSR count). The molecule has 0 spiro atoms. The SMILES string of the molecule is ClC[C@@H](Cl)CCCCCCCCCC[C@H](Cl)CCl. The van der Waals surface area contributed by atoms with Gasteiger partial charge in [0.25, 0.3) is 0 Å². The smallest absolute Gasteiger partial charge is 0.0471 e. The van der Waals surface area contributed by atoms with Crippen LogP contribution in [-0.2, 0) is 0 Å². The molecule has 0 unspecified atom stereocenters. The van der Waals surface area contributed by atoms with Crippen molar-refractivity contribution in [1.82, 2.24) is 0 Å². The number of unbranched alkanes of at least 4 members (excludes halogenated alkanes) is 7. The van der Waals surface area contributed by atoms with Crippen LogP contribution < -0.4 is 0 Å². The third kappa shape index (κ3) is 13.6. The monoisotopic (exact) mass is 334 g/mol. The van der Waals surface area contributed by atoms with Gasteiger partial charge in [0.2, 0.25) is 0 Å². The van der Waals surface area contributed by atoms with Gasteiger partial charge >= 0.3 is 0 Å². The summed E-state index contributed by atoms with van der Waals surface area (Å²) < 4.78 is 0. The average Bonchev–Trinajstić information content (AvgIpc) is 2.40. The lowest BCUT2D eigenvalue weighted by Gasteiger charge is -2.06. The number of alkyl halides is 4. The Bertz CT molecular complexity index is 146. The normalized spacial score (nSPS) is 14.7. The van der Waals surface area contributed by atoms with Crippen molar-refractivity contribution in [2.45, 2.75) is 75.0 Å². The summed E-state index contributed by atoms with van der Waals surface area (Å²) in [6, 6.07) is 0. The molecule has 0 radical (unpaired) electrons. The summed E-state index contributed by atoms with van der Waals surface area (Å²) in [4.78, 5) is 0. The first-order valence-electron chi connectivity index (χ1n) is 7.10. The summed E-state index contributed by atoms with van der Waals surface area (Å²) in [5.41, 5.74) is 0. The Labute approximate surface area is 133 Å². The van der Waals surface area contributed by atoms with Gasteiger partial charge in [0.05, 0.1) is 0 Å². The van der Waals surface area contributed by atoms with Crippen molar-refractivity contribution in [3.63, 3.8) is 0 Å². The van der Waals surface area contributed by atoms with Crippen LogP contribution in [0.15, 0.2) is 0 Å². The Morgan fingerprint density at radius 1 is 0.500 bits per heavy atom. The predicted octanol–water partition coefficient (Wildman–Crippen LogP) is 6.58. The molecule has 110 valence electrons. The summed E-state index contributed by atoms with van der Waals surface area (Å²) >= 11 is 23.2. The van der Waals surface area contributed by atoms with E-state index in [-0.39, 0.29) is 10.8 Å². The molecule has 0 nitrogen and oxygen atoms in total. The molecular formula is C14H26Cl4. The van der Waals surface area contributed by atoms with Crippen LogP contribution in [0.3, 0.4) is 0 Å². The molecule has 2 atom stereocenters. The standard InChI is InChI=1S/C14H26Cl4/c15-11-13(17)9-7-5-3-1-2-4-6-8-10-14(18)12-16/h13-14H,1-12H2/t13-,14-/m0/s1. The molecule has 0 aliphatic carbocycles. The molecule has 0 bridgehead atoms. The molecule has 0 heterocycles. The van der Waals surface area contributed by atoms with Crippen LogP contribution in [0.4, 0.5) is 0 Å². The molecule has 0 aromatic heterocycles. The van der Waals surface area contributed by atoms with E-state index in [0.29, 0.717) is 11.8 Å². The number of halogens is 4. The van der Waals surface area contributed by atoms with E-state index in [4.69, 9.17) is 46.4 Å². The fourth-order valence-electron chi connectivity index (χ4n) is 1.95. The first-order chi connectivity index (χ1) is 8.70. The van der Waals surface area contributed by atoms with Gasteiger partial charge in [-0.25, -0.2) is 0 Å². The lowest BCUT2D eigenvalue weighted by atomic mass is 10.1. The molecule has 18 heavy (non-hydrogen) atoms. The van der Waals surface area contributed by atoms with Crippen molar-refractivity contribution in [3.05, 3.63) is 0 Å². The molecule has 0 aromatic rings. The highest BCUT2D eigenvalue weighted by Crippen LogP contribution is 2.15. The van der Waals surface area contributed by atoms with Crippen LogP contribution in [-0.4, -0.2) is 22.5 Å². The number of hydrogen-bond donors (Lipinski definition) is 0. The van der Waals surface area contributed by atoms with Gasteiger partial charge in [-0.2, -0.15) is 0 Å². The highest BCUT2D eigenvalue weighted by Gasteiger charge is 2.02. The molecule has 0 saturated heterocycles. The molecule has 4 heteroatoms. The second-order valence-corrected chi connectivity index (χ2v) is 6.76. The van der Waals surface area contributed by atoms with E-state index in [1.165, 1.54) is 51.4 Å². The van der Waals surface area contributed by atoms with E-state index in [9.17, 15) is 0 Å². The molecular weight excluding hydrogens is 310 g/mol. The highest BCUT2D eigenvalue weighted by molar-refractivity contribution is 6.28. The number of rotatable bonds is 13. The van der Waals surface area contributed by atoms with E-state index >= 15 is 0 Å². The van der Waals surface area contributed by atoms with Crippen molar-refractivity contribution < 1.29 is 0 Å². The van der Waals surface area contributed by atoms with Crippen molar-refractivity contribution in [2.24, 2.45) is 0 Å². The van der Waals surface area contributed by atoms with E-state index < -0.39 is 0 Å². The summed E-state index contributed by atoms with van der Waals surface area (Å²) in [7, 11) is 0. The first kappa shape index (κ1) is 19.2. The molecule has 0 saturated carbocycles. The second-order valence-electron chi connectivity index (χ2n) is 4.91. The van der Waals surface area contributed by atoms with Crippen LogP contribution in [0.2, 0.25) is 0 Å². The molecule has 0 aromatic carbocycles. The second kappa shape index (κ2) is 14.6. The Morgan fingerprint density at radius 3 is 1.06 bits per heavy atom. The zero-order valence-corrected chi connectivity index (χ0v) is 14.2. The average molecular weight is 336 g/mol. The van der Waals surface area contributed by atoms with Crippen LogP contribution in [0, 0.1) is 0 Å². The Morgan fingerprint density at radius 2 is 0.778 bits per heavy atom. The van der Waals surface area contributed by atoms with E-state index in [0.717, 1.165) is 12.8 Å². The van der Waals surface area contributed by atoms with Gasteiger partial charge in [-0.1, -0.05) is 51.4 Å². The van der Waals surface area contributed by atoms with Gasteiger partial charge in [0, 0.05) is 22.5 Å². The third-order valence-corrected chi connectivity index (χ3v) is 4.93. The van der Waals surface area contributed by atoms with Crippen molar-refractivity contribution >= 4 is 46.4 Å². The van der Waals surface area contributed by atoms with Crippen LogP contribution in [0.5, 0.6) is 0 Å². The van der Waals surface area contributed by atoms with E-state index in [2.05, 4.69) is 0 Å². The van der Waals surface area contributed by atoms with Gasteiger partial charge in [-0.05, 0) is 12.8 Å². The minimum Gasteiger partial charge on any atom is -0.125 e. The molecule has 0 amide bonds. The Kier molecular flexibility index (Phi) is 15.5. The topological polar surface area (TPSA) is 0 Å². The van der Waals surface area contributed by atoms with Gasteiger partial charge in [0.1, 0.15) is 0 Å². The Balaban J connectivity index is 3.03. The minimum atomic E-state index is 0.164. The fraction of sp³-hybridized carbons (Fsp3) is 1.00. The van der Waals surface area contributed by atoms with Crippen molar-refractivity contribution in [1.29, 1.82) is 0 Å². The maximum Gasteiger partial charge on any atom is 0.0471 e. The molecule has 0 aliphatic rings. The predicted molar refractivity (Wildman–Crippen MR) is 86.9 cm³/mol. The third-order valence-electron chi connectivity index (χ3n) is 3.12. The summed E-state index contributed by atoms with van der Waals surface area (Å²) in [5, 5.41) is 0.328. The van der Waals surface area contributed by atoms with Gasteiger partial charge in [-0.15, -0.1) is 46.4 Å². The maximum absolute atomic E-state index is 5.95. The van der Waals surface area contributed by atoms with Crippen molar-refractivity contribution in [3.8, 4) is 0 Å². The largest absolute Gasteiger partial charge is 0.125 e. The minimum absolute atomic E-state index is 0.164. The van der Waals surface area contributed by atoms with Gasteiger partial charge in [0.15, 0.2) is 0 Å². The summed E-state index contributed by atoms with van der Waals surface area (Å²) in [5.74, 6) is 1.15. The fourth-order valence-corrected chi connectivity index (χ4v) is 2.56. The Hall–Kier alpha value is 1.16. The van der Waals surface area contributed by atoms with E-state index in [1.807, 2.05) is 0 Å². The molecule has 0 aliphatic heterocycles. The quantitative estimate of drug-likeness (QED) is 0.263. The molecule has 0 N–H and O–H groups in total. The van der Waals surface area contributed by atoms with Crippen molar-refractivity contribution in [2.75, 3.05) is 11.8 Å². The van der Waals surface area contributed by atoms with E-state index in [1.54, 1.807) is 0 Å². The van der Waals surface area contributed by atoms with Crippen LogP contribution >= 0.6 is 46.4 Å². The lowest BCUT2D eigenvalue weighted by molar-refractivity contribution is 0.550. The highest BCUT2D eigenvalue weighted by atomic mass is 35.5.